The molecule has 2 unspecified atom stereocenters. The third-order valence-corrected chi connectivity index (χ3v) is 6.60. The molecule has 2 heterocycles. The predicted molar refractivity (Wildman–Crippen MR) is 92.5 cm³/mol. The van der Waals surface area contributed by atoms with Crippen LogP contribution < -0.4 is 5.32 Å². The highest BCUT2D eigenvalue weighted by atomic mass is 32.2. The molecule has 3 rings (SSSR count). The van der Waals surface area contributed by atoms with Crippen LogP contribution in [0.15, 0.2) is 29.2 Å². The average molecular weight is 319 g/mol. The molecule has 1 aliphatic heterocycles. The van der Waals surface area contributed by atoms with Crippen molar-refractivity contribution < 1.29 is 0 Å². The van der Waals surface area contributed by atoms with Crippen molar-refractivity contribution in [1.29, 1.82) is 0 Å². The molecule has 1 aliphatic rings. The number of hydrogen-bond donors (Lipinski definition) is 1. The predicted octanol–water partition coefficient (Wildman–Crippen LogP) is 4.00. The molecule has 0 saturated heterocycles. The van der Waals surface area contributed by atoms with Crippen LogP contribution in [0.1, 0.15) is 28.1 Å². The molecule has 0 aliphatic carbocycles. The lowest BCUT2D eigenvalue weighted by molar-refractivity contribution is 0.505. The maximum Gasteiger partial charge on any atom is 0.0946 e. The standard InChI is InChI=1S/C17H22N2S2/c1-4-18-14(10-17-19-11(2)12(3)20-17)16-9-13-7-5-6-8-15(13)21-16/h5-8,14,16,18H,4,9-10H2,1-3H3. The van der Waals surface area contributed by atoms with Crippen molar-refractivity contribution in [3.63, 3.8) is 0 Å². The van der Waals surface area contributed by atoms with E-state index in [1.807, 2.05) is 23.1 Å². The fourth-order valence-corrected chi connectivity index (χ4v) is 5.24. The summed E-state index contributed by atoms with van der Waals surface area (Å²) in [7, 11) is 0. The van der Waals surface area contributed by atoms with E-state index in [2.05, 4.69) is 50.4 Å². The van der Waals surface area contributed by atoms with Gasteiger partial charge >= 0.3 is 0 Å². The number of aromatic nitrogens is 1. The van der Waals surface area contributed by atoms with Gasteiger partial charge in [-0.05, 0) is 38.4 Å². The van der Waals surface area contributed by atoms with Gasteiger partial charge in [0, 0.05) is 27.5 Å². The third-order valence-electron chi connectivity index (χ3n) is 4.05. The van der Waals surface area contributed by atoms with Crippen molar-refractivity contribution >= 4 is 23.1 Å². The van der Waals surface area contributed by atoms with Gasteiger partial charge in [-0.25, -0.2) is 4.98 Å². The Morgan fingerprint density at radius 2 is 2.14 bits per heavy atom. The van der Waals surface area contributed by atoms with Crippen molar-refractivity contribution in [3.8, 4) is 0 Å². The maximum absolute atomic E-state index is 4.72. The minimum Gasteiger partial charge on any atom is -0.313 e. The second-order valence-electron chi connectivity index (χ2n) is 5.59. The molecule has 0 spiro atoms. The van der Waals surface area contributed by atoms with Gasteiger partial charge in [0.25, 0.3) is 0 Å². The largest absolute Gasteiger partial charge is 0.313 e. The Balaban J connectivity index is 1.74. The number of likely N-dealkylation sites (N-methyl/N-ethyl adjacent to an activating group) is 1. The number of rotatable bonds is 5. The number of fused-ring (bicyclic) bond motifs is 1. The second-order valence-corrected chi connectivity index (χ2v) is 8.15. The Morgan fingerprint density at radius 1 is 1.33 bits per heavy atom. The van der Waals surface area contributed by atoms with Gasteiger partial charge in [0.15, 0.2) is 0 Å². The lowest BCUT2D eigenvalue weighted by atomic mass is 10.0. The van der Waals surface area contributed by atoms with Gasteiger partial charge < -0.3 is 5.32 Å². The van der Waals surface area contributed by atoms with Crippen LogP contribution in [0.3, 0.4) is 0 Å². The van der Waals surface area contributed by atoms with Crippen molar-refractivity contribution in [2.75, 3.05) is 6.54 Å². The molecule has 0 radical (unpaired) electrons. The lowest BCUT2D eigenvalue weighted by Gasteiger charge is -2.22. The maximum atomic E-state index is 4.72. The molecular weight excluding hydrogens is 296 g/mol. The van der Waals surface area contributed by atoms with E-state index in [-0.39, 0.29) is 0 Å². The smallest absolute Gasteiger partial charge is 0.0946 e. The van der Waals surface area contributed by atoms with Gasteiger partial charge in [0.05, 0.1) is 10.7 Å². The minimum atomic E-state index is 0.498. The molecule has 0 bridgehead atoms. The van der Waals surface area contributed by atoms with E-state index in [4.69, 9.17) is 4.98 Å². The summed E-state index contributed by atoms with van der Waals surface area (Å²) in [6.07, 6.45) is 2.21. The van der Waals surface area contributed by atoms with Crippen molar-refractivity contribution in [2.24, 2.45) is 0 Å². The molecule has 1 N–H and O–H groups in total. The highest BCUT2D eigenvalue weighted by Crippen LogP contribution is 2.39. The molecule has 2 nitrogen and oxygen atoms in total. The van der Waals surface area contributed by atoms with Crippen LogP contribution in [-0.4, -0.2) is 22.8 Å². The molecule has 1 aromatic heterocycles. The summed E-state index contributed by atoms with van der Waals surface area (Å²) >= 11 is 3.88. The van der Waals surface area contributed by atoms with Crippen LogP contribution in [0.25, 0.3) is 0 Å². The average Bonchev–Trinajstić information content (AvgIpc) is 3.02. The number of benzene rings is 1. The summed E-state index contributed by atoms with van der Waals surface area (Å²) in [6, 6.07) is 9.31. The summed E-state index contributed by atoms with van der Waals surface area (Å²) in [6.45, 7) is 7.48. The first-order valence-electron chi connectivity index (χ1n) is 7.58. The molecule has 2 aromatic rings. The van der Waals surface area contributed by atoms with E-state index in [0.29, 0.717) is 11.3 Å². The zero-order chi connectivity index (χ0) is 14.8. The van der Waals surface area contributed by atoms with Crippen molar-refractivity contribution in [1.82, 2.24) is 10.3 Å². The highest BCUT2D eigenvalue weighted by molar-refractivity contribution is 8.00. The van der Waals surface area contributed by atoms with Gasteiger partial charge in [0.2, 0.25) is 0 Å². The molecule has 0 amide bonds. The Bertz CT molecular complexity index is 577. The van der Waals surface area contributed by atoms with E-state index in [1.165, 1.54) is 32.5 Å². The number of aryl methyl sites for hydroxylation is 2. The summed E-state index contributed by atoms with van der Waals surface area (Å²) < 4.78 is 0. The highest BCUT2D eigenvalue weighted by Gasteiger charge is 2.29. The summed E-state index contributed by atoms with van der Waals surface area (Å²) in [4.78, 5) is 7.53. The van der Waals surface area contributed by atoms with Gasteiger partial charge in [-0.2, -0.15) is 0 Å². The van der Waals surface area contributed by atoms with Crippen LogP contribution in [-0.2, 0) is 12.8 Å². The number of nitrogens with zero attached hydrogens (tertiary/aromatic N) is 1. The van der Waals surface area contributed by atoms with E-state index < -0.39 is 0 Å². The number of hydrogen-bond acceptors (Lipinski definition) is 4. The number of thioether (sulfide) groups is 1. The number of thiazole rings is 1. The van der Waals surface area contributed by atoms with Crippen molar-refractivity contribution in [2.45, 2.75) is 49.8 Å². The van der Waals surface area contributed by atoms with Crippen LogP contribution in [0.2, 0.25) is 0 Å². The molecule has 0 saturated carbocycles. The van der Waals surface area contributed by atoms with Gasteiger partial charge in [-0.1, -0.05) is 25.1 Å². The minimum absolute atomic E-state index is 0.498. The molecule has 112 valence electrons. The van der Waals surface area contributed by atoms with E-state index in [1.54, 1.807) is 0 Å². The lowest BCUT2D eigenvalue weighted by Crippen LogP contribution is -2.39. The third kappa shape index (κ3) is 3.33. The molecule has 0 fully saturated rings. The molecule has 21 heavy (non-hydrogen) atoms. The van der Waals surface area contributed by atoms with Crippen LogP contribution in [0.5, 0.6) is 0 Å². The first-order chi connectivity index (χ1) is 10.2. The van der Waals surface area contributed by atoms with Crippen LogP contribution >= 0.6 is 23.1 Å². The quantitative estimate of drug-likeness (QED) is 0.902. The van der Waals surface area contributed by atoms with Gasteiger partial charge in [-0.3, -0.25) is 0 Å². The Morgan fingerprint density at radius 3 is 2.81 bits per heavy atom. The van der Waals surface area contributed by atoms with Crippen LogP contribution in [0, 0.1) is 13.8 Å². The SMILES string of the molecule is CCNC(Cc1nc(C)c(C)s1)C1Cc2ccccc2S1. The molecule has 2 atom stereocenters. The molecule has 4 heteroatoms. The Labute approximate surface area is 135 Å². The topological polar surface area (TPSA) is 24.9 Å². The van der Waals surface area contributed by atoms with Gasteiger partial charge in [0.1, 0.15) is 0 Å². The Kier molecular flexibility index (Phi) is 4.67. The zero-order valence-corrected chi connectivity index (χ0v) is 14.5. The van der Waals surface area contributed by atoms with Gasteiger partial charge in [-0.15, -0.1) is 23.1 Å². The number of nitrogens with one attached hydrogen (secondary N) is 1. The Hall–Kier alpha value is -0.840. The van der Waals surface area contributed by atoms with E-state index in [0.717, 1.165) is 13.0 Å². The normalized spacial score (nSPS) is 18.7. The van der Waals surface area contributed by atoms with E-state index in [9.17, 15) is 0 Å². The van der Waals surface area contributed by atoms with Crippen LogP contribution in [0.4, 0.5) is 0 Å². The first kappa shape index (κ1) is 15.1. The molecular formula is C17H22N2S2. The monoisotopic (exact) mass is 318 g/mol. The summed E-state index contributed by atoms with van der Waals surface area (Å²) in [5, 5.41) is 5.57. The zero-order valence-electron chi connectivity index (χ0n) is 12.8. The molecule has 1 aromatic carbocycles. The van der Waals surface area contributed by atoms with E-state index >= 15 is 0 Å². The summed E-state index contributed by atoms with van der Waals surface area (Å²) in [5.74, 6) is 0. The van der Waals surface area contributed by atoms with Crippen molar-refractivity contribution in [3.05, 3.63) is 45.4 Å². The second kappa shape index (κ2) is 6.51. The summed E-state index contributed by atoms with van der Waals surface area (Å²) in [5.41, 5.74) is 2.69. The fourth-order valence-electron chi connectivity index (χ4n) is 2.85. The first-order valence-corrected chi connectivity index (χ1v) is 9.28. The fraction of sp³-hybridized carbons (Fsp3) is 0.471.